The van der Waals surface area contributed by atoms with Gasteiger partial charge in [0.25, 0.3) is 0 Å². The molecule has 2 aliphatic rings. The highest BCUT2D eigenvalue weighted by molar-refractivity contribution is 8.14. The summed E-state index contributed by atoms with van der Waals surface area (Å²) in [6.07, 6.45) is 3.93. The fourth-order valence-corrected chi connectivity index (χ4v) is 3.07. The lowest BCUT2D eigenvalue weighted by atomic mass is 9.89. The Morgan fingerprint density at radius 3 is 2.87 bits per heavy atom. The summed E-state index contributed by atoms with van der Waals surface area (Å²) in [7, 11) is 0. The summed E-state index contributed by atoms with van der Waals surface area (Å²) in [5, 5.41) is 4.66. The molecule has 1 unspecified atom stereocenters. The molecule has 1 aliphatic carbocycles. The van der Waals surface area contributed by atoms with E-state index in [0.29, 0.717) is 18.2 Å². The lowest BCUT2D eigenvalue weighted by Crippen LogP contribution is -2.46. The summed E-state index contributed by atoms with van der Waals surface area (Å²) in [5.74, 6) is 1.15. The largest absolute Gasteiger partial charge is 0.378 e. The van der Waals surface area contributed by atoms with Crippen molar-refractivity contribution >= 4 is 16.9 Å². The SMILES string of the molecule is CCOC1CC(NC2=NC(CC)CS2)C1. The molecule has 1 saturated carbocycles. The van der Waals surface area contributed by atoms with Crippen LogP contribution in [-0.2, 0) is 4.74 Å². The molecule has 0 radical (unpaired) electrons. The average molecular weight is 228 g/mol. The molecule has 1 N–H and O–H groups in total. The molecule has 15 heavy (non-hydrogen) atoms. The van der Waals surface area contributed by atoms with Crippen LogP contribution in [0.15, 0.2) is 4.99 Å². The van der Waals surface area contributed by atoms with Gasteiger partial charge in [0.2, 0.25) is 0 Å². The van der Waals surface area contributed by atoms with Gasteiger partial charge in [-0.25, -0.2) is 0 Å². The van der Waals surface area contributed by atoms with Gasteiger partial charge in [-0.2, -0.15) is 0 Å². The molecule has 4 heteroatoms. The third-order valence-electron chi connectivity index (χ3n) is 3.01. The zero-order valence-electron chi connectivity index (χ0n) is 9.53. The second kappa shape index (κ2) is 5.21. The van der Waals surface area contributed by atoms with Gasteiger partial charge < -0.3 is 10.1 Å². The fraction of sp³-hybridized carbons (Fsp3) is 0.909. The smallest absolute Gasteiger partial charge is 0.157 e. The van der Waals surface area contributed by atoms with Gasteiger partial charge in [0.05, 0.1) is 12.1 Å². The zero-order chi connectivity index (χ0) is 10.7. The second-order valence-electron chi connectivity index (χ2n) is 4.20. The molecule has 0 aromatic rings. The number of nitrogens with zero attached hydrogens (tertiary/aromatic N) is 1. The summed E-state index contributed by atoms with van der Waals surface area (Å²) in [6.45, 7) is 5.10. The summed E-state index contributed by atoms with van der Waals surface area (Å²) in [4.78, 5) is 4.63. The minimum absolute atomic E-state index is 0.487. The van der Waals surface area contributed by atoms with Crippen LogP contribution in [0, 0.1) is 0 Å². The lowest BCUT2D eigenvalue weighted by Gasteiger charge is -2.35. The monoisotopic (exact) mass is 228 g/mol. The van der Waals surface area contributed by atoms with E-state index >= 15 is 0 Å². The molecule has 86 valence electrons. The quantitative estimate of drug-likeness (QED) is 0.799. The molecular weight excluding hydrogens is 208 g/mol. The predicted molar refractivity (Wildman–Crippen MR) is 65.5 cm³/mol. The van der Waals surface area contributed by atoms with Gasteiger partial charge in [-0.15, -0.1) is 0 Å². The maximum absolute atomic E-state index is 5.53. The van der Waals surface area contributed by atoms with Gasteiger partial charge in [-0.1, -0.05) is 18.7 Å². The van der Waals surface area contributed by atoms with Crippen LogP contribution in [0.1, 0.15) is 33.1 Å². The summed E-state index contributed by atoms with van der Waals surface area (Å²) >= 11 is 1.87. The molecule has 0 saturated heterocycles. The Labute approximate surface area is 96.1 Å². The Bertz CT molecular complexity index is 239. The van der Waals surface area contributed by atoms with Crippen LogP contribution >= 0.6 is 11.8 Å². The number of rotatable bonds is 4. The van der Waals surface area contributed by atoms with Crippen LogP contribution in [0.4, 0.5) is 0 Å². The third-order valence-corrected chi connectivity index (χ3v) is 4.06. The molecule has 1 fully saturated rings. The van der Waals surface area contributed by atoms with E-state index in [2.05, 4.69) is 24.2 Å². The molecule has 0 aromatic heterocycles. The van der Waals surface area contributed by atoms with Gasteiger partial charge in [0.1, 0.15) is 0 Å². The Morgan fingerprint density at radius 2 is 2.27 bits per heavy atom. The van der Waals surface area contributed by atoms with Crippen LogP contribution < -0.4 is 5.32 Å². The number of thioether (sulfide) groups is 1. The molecular formula is C11H20N2OS. The maximum Gasteiger partial charge on any atom is 0.157 e. The summed E-state index contributed by atoms with van der Waals surface area (Å²) in [5.41, 5.74) is 0. The first-order chi connectivity index (χ1) is 7.31. The Hall–Kier alpha value is -0.220. The van der Waals surface area contributed by atoms with Crippen molar-refractivity contribution in [2.24, 2.45) is 4.99 Å². The molecule has 2 rings (SSSR count). The van der Waals surface area contributed by atoms with Crippen molar-refractivity contribution in [3.8, 4) is 0 Å². The molecule has 1 heterocycles. The molecule has 0 amide bonds. The second-order valence-corrected chi connectivity index (χ2v) is 5.21. The first-order valence-electron chi connectivity index (χ1n) is 5.90. The van der Waals surface area contributed by atoms with Crippen molar-refractivity contribution in [3.63, 3.8) is 0 Å². The highest BCUT2D eigenvalue weighted by atomic mass is 32.2. The Morgan fingerprint density at radius 1 is 1.47 bits per heavy atom. The molecule has 0 spiro atoms. The topological polar surface area (TPSA) is 33.6 Å². The number of hydrogen-bond donors (Lipinski definition) is 1. The third kappa shape index (κ3) is 2.88. The first kappa shape index (κ1) is 11.3. The van der Waals surface area contributed by atoms with Crippen LogP contribution in [0.3, 0.4) is 0 Å². The van der Waals surface area contributed by atoms with E-state index in [1.54, 1.807) is 0 Å². The summed E-state index contributed by atoms with van der Waals surface area (Å²) < 4.78 is 5.53. The molecule has 1 aliphatic heterocycles. The first-order valence-corrected chi connectivity index (χ1v) is 6.89. The van der Waals surface area contributed by atoms with Crippen molar-refractivity contribution in [1.82, 2.24) is 5.32 Å². The van der Waals surface area contributed by atoms with E-state index in [1.165, 1.54) is 0 Å². The van der Waals surface area contributed by atoms with Crippen molar-refractivity contribution in [2.45, 2.75) is 51.3 Å². The fourth-order valence-electron chi connectivity index (χ4n) is 1.93. The van der Waals surface area contributed by atoms with Gasteiger partial charge in [0.15, 0.2) is 5.17 Å². The van der Waals surface area contributed by atoms with E-state index in [0.717, 1.165) is 36.8 Å². The van der Waals surface area contributed by atoms with Gasteiger partial charge in [0, 0.05) is 18.4 Å². The van der Waals surface area contributed by atoms with E-state index in [1.807, 2.05) is 11.8 Å². The molecule has 0 aromatic carbocycles. The standard InChI is InChI=1S/C11H20N2OS/c1-3-8-7-15-11(12-8)13-9-5-10(6-9)14-4-2/h8-10H,3-7H2,1-2H3,(H,12,13). The van der Waals surface area contributed by atoms with Crippen molar-refractivity contribution in [3.05, 3.63) is 0 Å². The number of hydrogen-bond acceptors (Lipinski definition) is 4. The minimum atomic E-state index is 0.487. The Kier molecular flexibility index (Phi) is 3.92. The van der Waals surface area contributed by atoms with Crippen LogP contribution in [0.2, 0.25) is 0 Å². The number of amidine groups is 1. The van der Waals surface area contributed by atoms with Gasteiger partial charge in [-0.3, -0.25) is 4.99 Å². The van der Waals surface area contributed by atoms with E-state index < -0.39 is 0 Å². The summed E-state index contributed by atoms with van der Waals surface area (Å²) in [6, 6.07) is 1.14. The molecule has 1 atom stereocenters. The normalized spacial score (nSPS) is 34.8. The maximum atomic E-state index is 5.53. The van der Waals surface area contributed by atoms with Crippen molar-refractivity contribution < 1.29 is 4.74 Å². The van der Waals surface area contributed by atoms with Gasteiger partial charge >= 0.3 is 0 Å². The van der Waals surface area contributed by atoms with Gasteiger partial charge in [-0.05, 0) is 26.2 Å². The van der Waals surface area contributed by atoms with E-state index in [4.69, 9.17) is 4.74 Å². The Balaban J connectivity index is 1.67. The van der Waals surface area contributed by atoms with Crippen molar-refractivity contribution in [2.75, 3.05) is 12.4 Å². The molecule has 0 bridgehead atoms. The highest BCUT2D eigenvalue weighted by Crippen LogP contribution is 2.26. The van der Waals surface area contributed by atoms with E-state index in [-0.39, 0.29) is 0 Å². The van der Waals surface area contributed by atoms with Crippen LogP contribution in [0.25, 0.3) is 0 Å². The number of nitrogens with one attached hydrogen (secondary N) is 1. The molecule has 3 nitrogen and oxygen atoms in total. The van der Waals surface area contributed by atoms with Crippen LogP contribution in [0.5, 0.6) is 0 Å². The van der Waals surface area contributed by atoms with E-state index in [9.17, 15) is 0 Å². The number of ether oxygens (including phenoxy) is 1. The predicted octanol–water partition coefficient (Wildman–Crippen LogP) is 2.02. The van der Waals surface area contributed by atoms with Crippen LogP contribution in [-0.4, -0.2) is 35.7 Å². The average Bonchev–Trinajstić information content (AvgIpc) is 2.62. The van der Waals surface area contributed by atoms with Crippen molar-refractivity contribution in [1.29, 1.82) is 0 Å². The zero-order valence-corrected chi connectivity index (χ0v) is 10.3. The number of aliphatic imine (C=N–C) groups is 1. The lowest BCUT2D eigenvalue weighted by molar-refractivity contribution is -0.00542. The highest BCUT2D eigenvalue weighted by Gasteiger charge is 2.31. The minimum Gasteiger partial charge on any atom is -0.378 e.